The summed E-state index contributed by atoms with van der Waals surface area (Å²) in [4.78, 5) is 12.7. The number of ether oxygens (including phenoxy) is 1. The molecule has 2 aromatic carbocycles. The van der Waals surface area contributed by atoms with Gasteiger partial charge in [-0.05, 0) is 54.6 Å². The fourth-order valence-corrected chi connectivity index (χ4v) is 2.28. The SMILES string of the molecule is Fc1ccc(Oc2ccc(-c3ccnc(-c4nc[nH]n4)n3)cc2)cc1. The Kier molecular flexibility index (Phi) is 3.88. The van der Waals surface area contributed by atoms with E-state index in [1.807, 2.05) is 30.3 Å². The predicted molar refractivity (Wildman–Crippen MR) is 89.3 cm³/mol. The first-order chi connectivity index (χ1) is 12.3. The second-order valence-electron chi connectivity index (χ2n) is 5.17. The van der Waals surface area contributed by atoms with Crippen LogP contribution in [0.3, 0.4) is 0 Å². The second-order valence-corrected chi connectivity index (χ2v) is 5.17. The monoisotopic (exact) mass is 333 g/mol. The number of hydrogen-bond donors (Lipinski definition) is 1. The van der Waals surface area contributed by atoms with Gasteiger partial charge in [0.05, 0.1) is 5.69 Å². The number of rotatable bonds is 4. The molecule has 0 fully saturated rings. The number of hydrogen-bond acceptors (Lipinski definition) is 5. The van der Waals surface area contributed by atoms with Crippen LogP contribution in [0.4, 0.5) is 4.39 Å². The molecule has 25 heavy (non-hydrogen) atoms. The first kappa shape index (κ1) is 14.9. The number of aromatic amines is 1. The summed E-state index contributed by atoms with van der Waals surface area (Å²) in [6.07, 6.45) is 3.14. The standard InChI is InChI=1S/C18H12FN5O/c19-13-3-7-15(8-4-13)25-14-5-1-12(2-6-14)16-9-10-20-17(23-16)18-21-11-22-24-18/h1-11H,(H,21,22,24). The lowest BCUT2D eigenvalue weighted by Gasteiger charge is -2.07. The van der Waals surface area contributed by atoms with E-state index in [9.17, 15) is 4.39 Å². The molecule has 122 valence electrons. The molecule has 0 bridgehead atoms. The van der Waals surface area contributed by atoms with Crippen molar-refractivity contribution in [1.29, 1.82) is 0 Å². The quantitative estimate of drug-likeness (QED) is 0.614. The molecule has 7 heteroatoms. The lowest BCUT2D eigenvalue weighted by molar-refractivity contribution is 0.480. The molecule has 6 nitrogen and oxygen atoms in total. The molecule has 0 aliphatic rings. The van der Waals surface area contributed by atoms with Gasteiger partial charge in [0.2, 0.25) is 5.82 Å². The summed E-state index contributed by atoms with van der Waals surface area (Å²) >= 11 is 0. The lowest BCUT2D eigenvalue weighted by Crippen LogP contribution is -1.93. The molecule has 4 aromatic rings. The van der Waals surface area contributed by atoms with Gasteiger partial charge in [-0.25, -0.2) is 19.3 Å². The molecule has 0 spiro atoms. The molecule has 0 aliphatic heterocycles. The molecule has 0 saturated carbocycles. The Balaban J connectivity index is 1.56. The van der Waals surface area contributed by atoms with Crippen LogP contribution in [-0.2, 0) is 0 Å². The minimum Gasteiger partial charge on any atom is -0.457 e. The van der Waals surface area contributed by atoms with E-state index >= 15 is 0 Å². The van der Waals surface area contributed by atoms with Gasteiger partial charge in [0.25, 0.3) is 0 Å². The maximum Gasteiger partial charge on any atom is 0.218 e. The molecule has 0 radical (unpaired) electrons. The van der Waals surface area contributed by atoms with Crippen molar-refractivity contribution < 1.29 is 9.13 Å². The van der Waals surface area contributed by atoms with E-state index in [0.29, 0.717) is 23.1 Å². The smallest absolute Gasteiger partial charge is 0.218 e. The van der Waals surface area contributed by atoms with E-state index in [-0.39, 0.29) is 5.82 Å². The Morgan fingerprint density at radius 2 is 1.52 bits per heavy atom. The van der Waals surface area contributed by atoms with Gasteiger partial charge in [0.15, 0.2) is 5.82 Å². The highest BCUT2D eigenvalue weighted by Crippen LogP contribution is 2.25. The molecule has 0 unspecified atom stereocenters. The maximum absolute atomic E-state index is 12.9. The van der Waals surface area contributed by atoms with Crippen molar-refractivity contribution in [3.63, 3.8) is 0 Å². The van der Waals surface area contributed by atoms with Gasteiger partial charge in [-0.1, -0.05) is 0 Å². The average molecular weight is 333 g/mol. The van der Waals surface area contributed by atoms with E-state index in [1.54, 1.807) is 18.3 Å². The third kappa shape index (κ3) is 3.35. The summed E-state index contributed by atoms with van der Waals surface area (Å²) in [7, 11) is 0. The van der Waals surface area contributed by atoms with Crippen molar-refractivity contribution in [2.45, 2.75) is 0 Å². The van der Waals surface area contributed by atoms with Gasteiger partial charge in [0, 0.05) is 11.8 Å². The van der Waals surface area contributed by atoms with Gasteiger partial charge in [-0.15, -0.1) is 0 Å². The highest BCUT2D eigenvalue weighted by atomic mass is 19.1. The van der Waals surface area contributed by atoms with E-state index in [1.165, 1.54) is 18.5 Å². The average Bonchev–Trinajstić information content (AvgIpc) is 3.19. The highest BCUT2D eigenvalue weighted by molar-refractivity contribution is 5.62. The fourth-order valence-electron chi connectivity index (χ4n) is 2.28. The van der Waals surface area contributed by atoms with Gasteiger partial charge < -0.3 is 4.74 Å². The van der Waals surface area contributed by atoms with Gasteiger partial charge >= 0.3 is 0 Å². The Labute approximate surface area is 142 Å². The van der Waals surface area contributed by atoms with Crippen LogP contribution < -0.4 is 4.74 Å². The third-order valence-corrected chi connectivity index (χ3v) is 3.47. The zero-order valence-electron chi connectivity index (χ0n) is 12.9. The van der Waals surface area contributed by atoms with Crippen molar-refractivity contribution in [3.05, 3.63) is 72.9 Å². The lowest BCUT2D eigenvalue weighted by atomic mass is 10.1. The molecule has 0 saturated heterocycles. The van der Waals surface area contributed by atoms with E-state index in [4.69, 9.17) is 4.74 Å². The van der Waals surface area contributed by atoms with E-state index in [0.717, 1.165) is 11.3 Å². The van der Waals surface area contributed by atoms with Gasteiger partial charge in [0.1, 0.15) is 23.6 Å². The van der Waals surface area contributed by atoms with Crippen LogP contribution >= 0.6 is 0 Å². The van der Waals surface area contributed by atoms with Gasteiger partial charge in [-0.2, -0.15) is 5.10 Å². The minimum atomic E-state index is -0.298. The summed E-state index contributed by atoms with van der Waals surface area (Å²) < 4.78 is 18.6. The number of nitrogens with zero attached hydrogens (tertiary/aromatic N) is 4. The molecule has 2 aromatic heterocycles. The third-order valence-electron chi connectivity index (χ3n) is 3.47. The number of halogens is 1. The maximum atomic E-state index is 12.9. The summed E-state index contributed by atoms with van der Waals surface area (Å²) in [5.74, 6) is 1.82. The Morgan fingerprint density at radius 3 is 2.20 bits per heavy atom. The van der Waals surface area contributed by atoms with Crippen LogP contribution in [0, 0.1) is 5.82 Å². The first-order valence-corrected chi connectivity index (χ1v) is 7.51. The Hall–Kier alpha value is -3.61. The molecule has 2 heterocycles. The number of nitrogens with one attached hydrogen (secondary N) is 1. The summed E-state index contributed by atoms with van der Waals surface area (Å²) in [5.41, 5.74) is 1.66. The Morgan fingerprint density at radius 1 is 0.800 bits per heavy atom. The second kappa shape index (κ2) is 6.48. The largest absolute Gasteiger partial charge is 0.457 e. The first-order valence-electron chi connectivity index (χ1n) is 7.51. The molecular formula is C18H12FN5O. The zero-order chi connectivity index (χ0) is 17.1. The summed E-state index contributed by atoms with van der Waals surface area (Å²) in [6.45, 7) is 0. The highest BCUT2D eigenvalue weighted by Gasteiger charge is 2.08. The van der Waals surface area contributed by atoms with Crippen LogP contribution in [0.1, 0.15) is 0 Å². The van der Waals surface area contributed by atoms with E-state index < -0.39 is 0 Å². The van der Waals surface area contributed by atoms with Gasteiger partial charge in [-0.3, -0.25) is 5.10 Å². The van der Waals surface area contributed by atoms with Crippen LogP contribution in [0.2, 0.25) is 0 Å². The molecule has 0 amide bonds. The Bertz CT molecular complexity index is 969. The molecule has 0 aliphatic carbocycles. The number of benzene rings is 2. The summed E-state index contributed by atoms with van der Waals surface area (Å²) in [5, 5.41) is 6.62. The fraction of sp³-hybridized carbons (Fsp3) is 0. The molecule has 0 atom stereocenters. The topological polar surface area (TPSA) is 76.6 Å². The molecule has 1 N–H and O–H groups in total. The molecule has 4 rings (SSSR count). The number of aromatic nitrogens is 5. The predicted octanol–water partition coefficient (Wildman–Crippen LogP) is 3.86. The van der Waals surface area contributed by atoms with E-state index in [2.05, 4.69) is 25.1 Å². The normalized spacial score (nSPS) is 10.6. The van der Waals surface area contributed by atoms with Crippen LogP contribution in [0.5, 0.6) is 11.5 Å². The zero-order valence-corrected chi connectivity index (χ0v) is 12.9. The van der Waals surface area contributed by atoms with Crippen molar-refractivity contribution >= 4 is 0 Å². The van der Waals surface area contributed by atoms with Crippen molar-refractivity contribution in [1.82, 2.24) is 25.1 Å². The van der Waals surface area contributed by atoms with Crippen molar-refractivity contribution in [2.24, 2.45) is 0 Å². The van der Waals surface area contributed by atoms with Crippen LogP contribution in [-0.4, -0.2) is 25.1 Å². The van der Waals surface area contributed by atoms with Crippen LogP contribution in [0.15, 0.2) is 67.1 Å². The van der Waals surface area contributed by atoms with Crippen molar-refractivity contribution in [2.75, 3.05) is 0 Å². The number of H-pyrrole nitrogens is 1. The molecular weight excluding hydrogens is 321 g/mol. The van der Waals surface area contributed by atoms with Crippen LogP contribution in [0.25, 0.3) is 22.9 Å². The minimum absolute atomic E-state index is 0.298. The summed E-state index contributed by atoms with van der Waals surface area (Å²) in [6, 6.07) is 15.1. The van der Waals surface area contributed by atoms with Crippen molar-refractivity contribution in [3.8, 4) is 34.4 Å².